The number of hydrogen-bond donors (Lipinski definition) is 1. The Morgan fingerprint density at radius 2 is 2.13 bits per heavy atom. The molecule has 3 atom stereocenters. The van der Waals surface area contributed by atoms with Crippen LogP contribution in [0.25, 0.3) is 10.6 Å². The maximum atomic E-state index is 13.5. The number of ketones is 1. The summed E-state index contributed by atoms with van der Waals surface area (Å²) in [7, 11) is 0. The van der Waals surface area contributed by atoms with Crippen LogP contribution in [0.4, 0.5) is 4.39 Å². The van der Waals surface area contributed by atoms with Crippen molar-refractivity contribution >= 4 is 17.1 Å². The smallest absolute Gasteiger partial charge is 0.213 e. The third-order valence-electron chi connectivity index (χ3n) is 5.38. The van der Waals surface area contributed by atoms with E-state index in [1.54, 1.807) is 17.5 Å². The van der Waals surface area contributed by atoms with Crippen LogP contribution in [0, 0.1) is 18.7 Å². The molecule has 1 aliphatic rings. The fourth-order valence-electron chi connectivity index (χ4n) is 3.86. The van der Waals surface area contributed by atoms with Gasteiger partial charge in [-0.05, 0) is 56.5 Å². The average Bonchev–Trinajstić information content (AvgIpc) is 3.28. The average molecular weight is 426 g/mol. The second kappa shape index (κ2) is 9.02. The van der Waals surface area contributed by atoms with Gasteiger partial charge in [-0.15, -0.1) is 11.3 Å². The second-order valence-electron chi connectivity index (χ2n) is 7.80. The van der Waals surface area contributed by atoms with Crippen LogP contribution in [0.1, 0.15) is 35.7 Å². The fraction of sp³-hybridized carbons (Fsp3) is 0.348. The van der Waals surface area contributed by atoms with Gasteiger partial charge in [0.15, 0.2) is 5.78 Å². The molecule has 1 saturated heterocycles. The Kier molecular flexibility index (Phi) is 6.20. The minimum absolute atomic E-state index is 0.00405. The second-order valence-corrected chi connectivity index (χ2v) is 8.69. The molecular formula is C23H24FN3O2S. The van der Waals surface area contributed by atoms with E-state index < -0.39 is 5.82 Å². The number of nitrogens with one attached hydrogen (secondary N) is 1. The molecule has 1 N–H and O–H groups in total. The van der Waals surface area contributed by atoms with Gasteiger partial charge in [0.25, 0.3) is 0 Å². The monoisotopic (exact) mass is 425 g/mol. The Hall–Kier alpha value is -2.64. The third-order valence-corrected chi connectivity index (χ3v) is 6.20. The molecule has 0 spiro atoms. The summed E-state index contributed by atoms with van der Waals surface area (Å²) in [5, 5.41) is 6.29. The lowest BCUT2D eigenvalue weighted by Crippen LogP contribution is -2.52. The number of rotatable bonds is 6. The molecule has 0 radical (unpaired) electrons. The molecule has 0 amide bonds. The zero-order valence-corrected chi connectivity index (χ0v) is 17.8. The Labute approximate surface area is 179 Å². The molecule has 0 aliphatic carbocycles. The Balaban J connectivity index is 1.54. The quantitative estimate of drug-likeness (QED) is 0.582. The Bertz CT molecular complexity index is 1010. The van der Waals surface area contributed by atoms with E-state index in [1.807, 2.05) is 30.5 Å². The fourth-order valence-corrected chi connectivity index (χ4v) is 4.49. The van der Waals surface area contributed by atoms with Gasteiger partial charge in [0.2, 0.25) is 5.88 Å². The standard InChI is InChI=1S/C23H24FN3O2S/c1-14-9-17(11-18(10-14)23-25-7-8-30-23)22(28)21-16(4-3-15(2)27-21)13-29-20-6-5-19(24)12-26-20/h5-12,15-16,21,27H,3-4,13H2,1-2H3. The molecule has 156 valence electrons. The molecule has 0 bridgehead atoms. The summed E-state index contributed by atoms with van der Waals surface area (Å²) in [6, 6.07) is 8.63. The van der Waals surface area contributed by atoms with E-state index in [2.05, 4.69) is 22.2 Å². The summed E-state index contributed by atoms with van der Waals surface area (Å²) < 4.78 is 18.9. The molecule has 0 saturated carbocycles. The molecule has 1 aliphatic heterocycles. The van der Waals surface area contributed by atoms with Crippen molar-refractivity contribution in [2.75, 3.05) is 6.61 Å². The minimum Gasteiger partial charge on any atom is -0.477 e. The summed E-state index contributed by atoms with van der Waals surface area (Å²) in [5.41, 5.74) is 2.66. The van der Waals surface area contributed by atoms with E-state index in [0.717, 1.165) is 35.2 Å². The maximum absolute atomic E-state index is 13.5. The number of hydrogen-bond acceptors (Lipinski definition) is 6. The van der Waals surface area contributed by atoms with E-state index in [4.69, 9.17) is 4.74 Å². The van der Waals surface area contributed by atoms with E-state index in [9.17, 15) is 9.18 Å². The predicted octanol–water partition coefficient (Wildman–Crippen LogP) is 4.67. The zero-order valence-electron chi connectivity index (χ0n) is 17.0. The van der Waals surface area contributed by atoms with Gasteiger partial charge in [0.05, 0.1) is 18.8 Å². The van der Waals surface area contributed by atoms with Crippen LogP contribution in [0.15, 0.2) is 48.1 Å². The van der Waals surface area contributed by atoms with Gasteiger partial charge in [-0.2, -0.15) is 0 Å². The van der Waals surface area contributed by atoms with Gasteiger partial charge in [0.1, 0.15) is 10.8 Å². The van der Waals surface area contributed by atoms with E-state index in [1.165, 1.54) is 12.1 Å². The van der Waals surface area contributed by atoms with Gasteiger partial charge < -0.3 is 10.1 Å². The lowest BCUT2D eigenvalue weighted by atomic mass is 9.83. The molecule has 1 fully saturated rings. The van der Waals surface area contributed by atoms with Crippen molar-refractivity contribution in [3.63, 3.8) is 0 Å². The first-order valence-electron chi connectivity index (χ1n) is 10.1. The SMILES string of the molecule is Cc1cc(C(=O)C2NC(C)CCC2COc2ccc(F)cn2)cc(-c2nccs2)c1. The van der Waals surface area contributed by atoms with Crippen molar-refractivity contribution in [2.24, 2.45) is 5.92 Å². The van der Waals surface area contributed by atoms with Crippen LogP contribution in [-0.2, 0) is 0 Å². The topological polar surface area (TPSA) is 64.1 Å². The summed E-state index contributed by atoms with van der Waals surface area (Å²) in [5.74, 6) is 0.0231. The van der Waals surface area contributed by atoms with Crippen molar-refractivity contribution in [2.45, 2.75) is 38.8 Å². The third kappa shape index (κ3) is 4.74. The van der Waals surface area contributed by atoms with Gasteiger partial charge in [0, 0.05) is 40.7 Å². The summed E-state index contributed by atoms with van der Waals surface area (Å²) >= 11 is 1.56. The number of aryl methyl sites for hydroxylation is 1. The number of piperidine rings is 1. The summed E-state index contributed by atoms with van der Waals surface area (Å²) in [6.07, 6.45) is 4.74. The van der Waals surface area contributed by atoms with E-state index in [-0.39, 0.29) is 23.8 Å². The first-order chi connectivity index (χ1) is 14.5. The number of Topliss-reactive ketones (excluding diaryl/α,β-unsaturated/α-hetero) is 1. The number of halogens is 1. The first-order valence-corrected chi connectivity index (χ1v) is 10.9. The highest BCUT2D eigenvalue weighted by molar-refractivity contribution is 7.13. The maximum Gasteiger partial charge on any atom is 0.213 e. The summed E-state index contributed by atoms with van der Waals surface area (Å²) in [6.45, 7) is 4.43. The molecule has 3 unspecified atom stereocenters. The molecule has 3 heterocycles. The number of thiazole rings is 1. The highest BCUT2D eigenvalue weighted by atomic mass is 32.1. The van der Waals surface area contributed by atoms with Crippen molar-refractivity contribution < 1.29 is 13.9 Å². The van der Waals surface area contributed by atoms with Gasteiger partial charge in [-0.1, -0.05) is 0 Å². The van der Waals surface area contributed by atoms with Crippen LogP contribution in [0.5, 0.6) is 5.88 Å². The van der Waals surface area contributed by atoms with E-state index >= 15 is 0 Å². The molecule has 1 aromatic carbocycles. The molecule has 2 aromatic heterocycles. The predicted molar refractivity (Wildman–Crippen MR) is 115 cm³/mol. The number of benzene rings is 1. The number of ether oxygens (including phenoxy) is 1. The van der Waals surface area contributed by atoms with Crippen LogP contribution in [0.2, 0.25) is 0 Å². The molecule has 7 heteroatoms. The largest absolute Gasteiger partial charge is 0.477 e. The summed E-state index contributed by atoms with van der Waals surface area (Å²) in [4.78, 5) is 21.8. The van der Waals surface area contributed by atoms with Crippen molar-refractivity contribution in [3.05, 3.63) is 65.0 Å². The molecule has 3 aromatic rings. The van der Waals surface area contributed by atoms with Crippen LogP contribution in [-0.4, -0.2) is 34.4 Å². The van der Waals surface area contributed by atoms with Crippen LogP contribution in [0.3, 0.4) is 0 Å². The van der Waals surface area contributed by atoms with Crippen LogP contribution >= 0.6 is 11.3 Å². The lowest BCUT2D eigenvalue weighted by molar-refractivity contribution is 0.0803. The first kappa shape index (κ1) is 20.6. The number of carbonyl (C=O) groups excluding carboxylic acids is 1. The Morgan fingerprint density at radius 1 is 1.27 bits per heavy atom. The van der Waals surface area contributed by atoms with Gasteiger partial charge in [-0.3, -0.25) is 4.79 Å². The molecule has 5 nitrogen and oxygen atoms in total. The van der Waals surface area contributed by atoms with Crippen molar-refractivity contribution in [1.82, 2.24) is 15.3 Å². The van der Waals surface area contributed by atoms with Crippen molar-refractivity contribution in [1.29, 1.82) is 0 Å². The highest BCUT2D eigenvalue weighted by Crippen LogP contribution is 2.28. The highest BCUT2D eigenvalue weighted by Gasteiger charge is 2.34. The van der Waals surface area contributed by atoms with Crippen molar-refractivity contribution in [3.8, 4) is 16.5 Å². The minimum atomic E-state index is -0.404. The lowest BCUT2D eigenvalue weighted by Gasteiger charge is -2.35. The van der Waals surface area contributed by atoms with E-state index in [0.29, 0.717) is 18.1 Å². The van der Waals surface area contributed by atoms with Gasteiger partial charge >= 0.3 is 0 Å². The van der Waals surface area contributed by atoms with Crippen LogP contribution < -0.4 is 10.1 Å². The number of nitrogens with zero attached hydrogens (tertiary/aromatic N) is 2. The molecule has 30 heavy (non-hydrogen) atoms. The Morgan fingerprint density at radius 3 is 2.87 bits per heavy atom. The number of carbonyl (C=O) groups is 1. The number of aromatic nitrogens is 2. The number of pyridine rings is 1. The molecule has 4 rings (SSSR count). The zero-order chi connectivity index (χ0) is 21.1. The normalized spacial score (nSPS) is 21.4. The molecular weight excluding hydrogens is 401 g/mol. The van der Waals surface area contributed by atoms with Gasteiger partial charge in [-0.25, -0.2) is 14.4 Å².